The first kappa shape index (κ1) is 33.5. The van der Waals surface area contributed by atoms with E-state index < -0.39 is 29.5 Å². The van der Waals surface area contributed by atoms with Crippen molar-refractivity contribution in [3.63, 3.8) is 0 Å². The standard InChI is InChI=1S/C21H30O5.C14H22N2O/c1-19-7-5-13(23)9-12(19)3-4-14-15-6-8-21(26,17(25)11-22)20(15,2)10-16(24)18(14)19;1-5-16(6-2)10-13(17)15-14-11(3)8-7-9-12(14)4/h9,14-16,18,22,24,26H,3-8,10-11H2,1-2H3;7-9H,5-6,10H2,1-4H3,(H,15,17)/t14-,15-,16-,18+,19-,20-,21-;/m0./s1. The number of rotatable bonds is 7. The lowest BCUT2D eigenvalue weighted by Gasteiger charge is -2.60. The number of nitrogens with one attached hydrogen (secondary N) is 1. The molecule has 0 spiro atoms. The molecule has 1 amide bonds. The summed E-state index contributed by atoms with van der Waals surface area (Å²) in [4.78, 5) is 38.2. The fourth-order valence-corrected chi connectivity index (χ4v) is 9.12. The first-order valence-corrected chi connectivity index (χ1v) is 16.1. The van der Waals surface area contributed by atoms with E-state index in [0.717, 1.165) is 55.6 Å². The second kappa shape index (κ2) is 12.9. The maximum Gasteiger partial charge on any atom is 0.238 e. The summed E-state index contributed by atoms with van der Waals surface area (Å²) in [6.07, 6.45) is 5.74. The number of ketones is 2. The zero-order chi connectivity index (χ0) is 31.7. The summed E-state index contributed by atoms with van der Waals surface area (Å²) in [5.41, 5.74) is 1.94. The summed E-state index contributed by atoms with van der Waals surface area (Å²) in [7, 11) is 0. The number of amides is 1. The molecule has 8 nitrogen and oxygen atoms in total. The quantitative estimate of drug-likeness (QED) is 0.368. The number of fused-ring (bicyclic) bond motifs is 5. The number of aliphatic hydroxyl groups is 3. The van der Waals surface area contributed by atoms with Gasteiger partial charge in [-0.25, -0.2) is 0 Å². The Bertz CT molecular complexity index is 1240. The van der Waals surface area contributed by atoms with Crippen LogP contribution in [0.25, 0.3) is 0 Å². The molecule has 4 N–H and O–H groups in total. The number of aliphatic hydroxyl groups excluding tert-OH is 2. The Morgan fingerprint density at radius 2 is 1.70 bits per heavy atom. The van der Waals surface area contributed by atoms with Gasteiger partial charge >= 0.3 is 0 Å². The van der Waals surface area contributed by atoms with Gasteiger partial charge in [-0.3, -0.25) is 19.3 Å². The van der Waals surface area contributed by atoms with Gasteiger partial charge in [0, 0.05) is 17.5 Å². The van der Waals surface area contributed by atoms with Crippen LogP contribution in [0.2, 0.25) is 0 Å². The molecule has 4 aliphatic carbocycles. The number of hydrogen-bond donors (Lipinski definition) is 4. The highest BCUT2D eigenvalue weighted by Gasteiger charge is 2.68. The summed E-state index contributed by atoms with van der Waals surface area (Å²) in [5, 5.41) is 34.7. The van der Waals surface area contributed by atoms with E-state index in [9.17, 15) is 29.7 Å². The van der Waals surface area contributed by atoms with Gasteiger partial charge in [0.05, 0.1) is 12.6 Å². The van der Waals surface area contributed by atoms with E-state index in [-0.39, 0.29) is 34.9 Å². The van der Waals surface area contributed by atoms with E-state index in [1.807, 2.05) is 39.0 Å². The number of likely N-dealkylation sites (N-methyl/N-ethyl adjacent to an activating group) is 1. The van der Waals surface area contributed by atoms with Crippen LogP contribution in [0.4, 0.5) is 5.69 Å². The van der Waals surface area contributed by atoms with Gasteiger partial charge < -0.3 is 20.6 Å². The van der Waals surface area contributed by atoms with Gasteiger partial charge in [-0.05, 0) is 106 Å². The summed E-state index contributed by atoms with van der Waals surface area (Å²) < 4.78 is 0. The molecule has 8 heteroatoms. The highest BCUT2D eigenvalue weighted by Crippen LogP contribution is 2.67. The van der Waals surface area contributed by atoms with E-state index in [4.69, 9.17) is 0 Å². The van der Waals surface area contributed by atoms with Gasteiger partial charge in [0.15, 0.2) is 11.6 Å². The average Bonchev–Trinajstić information content (AvgIpc) is 3.24. The van der Waals surface area contributed by atoms with Crippen LogP contribution in [0.1, 0.15) is 83.8 Å². The van der Waals surface area contributed by atoms with Gasteiger partial charge in [0.1, 0.15) is 12.2 Å². The molecular weight excluding hydrogens is 544 g/mol. The van der Waals surface area contributed by atoms with Crippen molar-refractivity contribution in [2.75, 3.05) is 31.6 Å². The number of anilines is 1. The van der Waals surface area contributed by atoms with Crippen molar-refractivity contribution in [3.8, 4) is 0 Å². The molecule has 0 bridgehead atoms. The molecule has 238 valence electrons. The number of carbonyl (C=O) groups excluding carboxylic acids is 3. The predicted octanol–water partition coefficient (Wildman–Crippen LogP) is 4.37. The largest absolute Gasteiger partial charge is 0.393 e. The van der Waals surface area contributed by atoms with Gasteiger partial charge in [-0.1, -0.05) is 51.5 Å². The Balaban J connectivity index is 0.000000217. The summed E-state index contributed by atoms with van der Waals surface area (Å²) in [6.45, 7) is 13.9. The Kier molecular flexibility index (Phi) is 10.1. The fourth-order valence-electron chi connectivity index (χ4n) is 9.12. The van der Waals surface area contributed by atoms with E-state index in [0.29, 0.717) is 25.8 Å². The third-order valence-electron chi connectivity index (χ3n) is 11.7. The minimum atomic E-state index is -1.54. The van der Waals surface area contributed by atoms with Crippen molar-refractivity contribution < 1.29 is 29.7 Å². The molecule has 0 aromatic heterocycles. The van der Waals surface area contributed by atoms with Crippen LogP contribution in [-0.4, -0.2) is 75.6 Å². The molecule has 3 saturated carbocycles. The highest BCUT2D eigenvalue weighted by molar-refractivity contribution is 5.94. The number of hydrogen-bond acceptors (Lipinski definition) is 7. The maximum absolute atomic E-state index is 12.4. The molecule has 0 radical (unpaired) electrons. The molecule has 3 fully saturated rings. The number of benzene rings is 1. The first-order chi connectivity index (χ1) is 20.2. The van der Waals surface area contributed by atoms with Gasteiger partial charge in [0.25, 0.3) is 0 Å². The molecule has 0 saturated heterocycles. The molecule has 7 atom stereocenters. The number of carbonyl (C=O) groups is 3. The fraction of sp³-hybridized carbons (Fsp3) is 0.686. The number of allylic oxidation sites excluding steroid dienone is 1. The van der Waals surface area contributed by atoms with Crippen molar-refractivity contribution in [2.45, 2.75) is 98.2 Å². The third kappa shape index (κ3) is 6.00. The Hall–Kier alpha value is -2.39. The molecule has 0 aliphatic heterocycles. The monoisotopic (exact) mass is 596 g/mol. The molecule has 0 unspecified atom stereocenters. The van der Waals surface area contributed by atoms with Crippen molar-refractivity contribution >= 4 is 23.2 Å². The van der Waals surface area contributed by atoms with Gasteiger partial charge in [0.2, 0.25) is 5.91 Å². The van der Waals surface area contributed by atoms with E-state index in [1.54, 1.807) is 6.08 Å². The van der Waals surface area contributed by atoms with Crippen molar-refractivity contribution in [1.82, 2.24) is 4.90 Å². The minimum absolute atomic E-state index is 0.0612. The van der Waals surface area contributed by atoms with Crippen molar-refractivity contribution in [1.29, 1.82) is 0 Å². The summed E-state index contributed by atoms with van der Waals surface area (Å²) >= 11 is 0. The summed E-state index contributed by atoms with van der Waals surface area (Å²) in [6, 6.07) is 6.03. The number of aryl methyl sites for hydroxylation is 2. The SMILES string of the molecule is CCN(CC)CC(=O)Nc1c(C)cccc1C.C[C@]12CCC(=O)C=C1CC[C@@H]1[C@@H]2[C@@H](O)C[C@@]2(C)[C@H]1CC[C@]2(O)C(=O)CO. The molecular formula is C35H52N2O6. The molecule has 1 aromatic carbocycles. The molecule has 43 heavy (non-hydrogen) atoms. The molecule has 5 rings (SSSR count). The number of Topliss-reactive ketones (excluding diaryl/α,β-unsaturated/α-hetero) is 1. The highest BCUT2D eigenvalue weighted by atomic mass is 16.3. The zero-order valence-electron chi connectivity index (χ0n) is 26.9. The third-order valence-corrected chi connectivity index (χ3v) is 11.7. The predicted molar refractivity (Wildman–Crippen MR) is 167 cm³/mol. The van der Waals surface area contributed by atoms with Crippen LogP contribution < -0.4 is 5.32 Å². The Labute approximate surface area is 256 Å². The molecule has 4 aliphatic rings. The maximum atomic E-state index is 12.4. The molecule has 0 heterocycles. The number of para-hydroxylation sites is 1. The van der Waals surface area contributed by atoms with Gasteiger partial charge in [-0.15, -0.1) is 0 Å². The molecule has 1 aromatic rings. The van der Waals surface area contributed by atoms with Crippen LogP contribution in [0.5, 0.6) is 0 Å². The van der Waals surface area contributed by atoms with E-state index in [2.05, 4.69) is 31.0 Å². The minimum Gasteiger partial charge on any atom is -0.393 e. The lowest BCUT2D eigenvalue weighted by atomic mass is 9.45. The average molecular weight is 597 g/mol. The normalized spacial score (nSPS) is 34.7. The smallest absolute Gasteiger partial charge is 0.238 e. The second-order valence-electron chi connectivity index (χ2n) is 13.8. The van der Waals surface area contributed by atoms with Crippen LogP contribution in [0, 0.1) is 42.4 Å². The first-order valence-electron chi connectivity index (χ1n) is 16.1. The van der Waals surface area contributed by atoms with Crippen LogP contribution >= 0.6 is 0 Å². The van der Waals surface area contributed by atoms with E-state index >= 15 is 0 Å². The van der Waals surface area contributed by atoms with Crippen molar-refractivity contribution in [2.24, 2.45) is 28.6 Å². The second-order valence-corrected chi connectivity index (χ2v) is 13.8. The zero-order valence-corrected chi connectivity index (χ0v) is 26.9. The Morgan fingerprint density at radius 1 is 1.05 bits per heavy atom. The lowest BCUT2D eigenvalue weighted by molar-refractivity contribution is -0.182. The summed E-state index contributed by atoms with van der Waals surface area (Å²) in [5.74, 6) is 0.201. The van der Waals surface area contributed by atoms with Crippen molar-refractivity contribution in [3.05, 3.63) is 41.0 Å². The van der Waals surface area contributed by atoms with Crippen LogP contribution in [-0.2, 0) is 14.4 Å². The number of nitrogens with zero attached hydrogens (tertiary/aromatic N) is 1. The van der Waals surface area contributed by atoms with E-state index in [1.165, 1.54) is 5.57 Å². The Morgan fingerprint density at radius 3 is 2.30 bits per heavy atom. The van der Waals surface area contributed by atoms with Gasteiger partial charge in [-0.2, -0.15) is 0 Å². The topological polar surface area (TPSA) is 127 Å². The van der Waals surface area contributed by atoms with Crippen LogP contribution in [0.15, 0.2) is 29.8 Å². The van der Waals surface area contributed by atoms with Crippen LogP contribution in [0.3, 0.4) is 0 Å². The lowest BCUT2D eigenvalue weighted by Crippen LogP contribution is -2.62.